The van der Waals surface area contributed by atoms with Crippen molar-refractivity contribution >= 4 is 15.7 Å². The minimum absolute atomic E-state index is 0.226. The first-order valence-corrected chi connectivity index (χ1v) is 8.20. The van der Waals surface area contributed by atoms with Crippen LogP contribution in [-0.2, 0) is 16.4 Å². The number of nitrogens with one attached hydrogen (secondary N) is 1. The molecule has 0 atom stereocenters. The monoisotopic (exact) mass is 298 g/mol. The molecule has 1 aromatic carbocycles. The highest BCUT2D eigenvalue weighted by atomic mass is 32.2. The summed E-state index contributed by atoms with van der Waals surface area (Å²) in [5, 5.41) is 12.6. The maximum atomic E-state index is 12.8. The second-order valence-corrected chi connectivity index (χ2v) is 7.69. The molecule has 1 aromatic rings. The fraction of sp³-hybridized carbons (Fsp3) is 0.571. The highest BCUT2D eigenvalue weighted by Crippen LogP contribution is 2.31. The predicted octanol–water partition coefficient (Wildman–Crippen LogP) is 1.44. The lowest BCUT2D eigenvalue weighted by atomic mass is 10.0. The molecule has 0 saturated carbocycles. The minimum Gasteiger partial charge on any atom is -0.394 e. The molecule has 0 saturated heterocycles. The SMILES string of the molecule is CN(C(C)(C)CO)S(=O)(=O)c1cccc2c1CCCN2. The molecule has 6 heteroatoms. The van der Waals surface area contributed by atoms with Crippen LogP contribution in [0.15, 0.2) is 23.1 Å². The van der Waals surface area contributed by atoms with E-state index in [-0.39, 0.29) is 6.61 Å². The van der Waals surface area contributed by atoms with Gasteiger partial charge in [0.15, 0.2) is 0 Å². The van der Waals surface area contributed by atoms with Crippen molar-refractivity contribution in [2.45, 2.75) is 37.1 Å². The highest BCUT2D eigenvalue weighted by molar-refractivity contribution is 7.89. The van der Waals surface area contributed by atoms with Crippen molar-refractivity contribution < 1.29 is 13.5 Å². The van der Waals surface area contributed by atoms with Gasteiger partial charge in [-0.25, -0.2) is 8.42 Å². The van der Waals surface area contributed by atoms with Crippen LogP contribution in [0.3, 0.4) is 0 Å². The lowest BCUT2D eigenvalue weighted by molar-refractivity contribution is 0.138. The molecular formula is C14H22N2O3S. The molecule has 1 aliphatic rings. The van der Waals surface area contributed by atoms with Crippen LogP contribution in [0.1, 0.15) is 25.8 Å². The lowest BCUT2D eigenvalue weighted by Gasteiger charge is -2.34. The van der Waals surface area contributed by atoms with E-state index in [9.17, 15) is 13.5 Å². The molecule has 0 radical (unpaired) electrons. The van der Waals surface area contributed by atoms with E-state index >= 15 is 0 Å². The third kappa shape index (κ3) is 2.55. The standard InChI is InChI=1S/C14H22N2O3S/c1-14(2,10-17)16(3)20(18,19)13-8-4-7-12-11(13)6-5-9-15-12/h4,7-8,15,17H,5-6,9-10H2,1-3H3. The summed E-state index contributed by atoms with van der Waals surface area (Å²) in [6.07, 6.45) is 1.68. The molecule has 1 heterocycles. The summed E-state index contributed by atoms with van der Waals surface area (Å²) in [5.41, 5.74) is 0.913. The molecular weight excluding hydrogens is 276 g/mol. The Labute approximate surface area is 120 Å². The molecule has 5 nitrogen and oxygen atoms in total. The number of likely N-dealkylation sites (N-methyl/N-ethyl adjacent to an activating group) is 1. The number of hydrogen-bond acceptors (Lipinski definition) is 4. The number of rotatable bonds is 4. The van der Waals surface area contributed by atoms with E-state index in [1.165, 1.54) is 11.4 Å². The van der Waals surface area contributed by atoms with Crippen LogP contribution >= 0.6 is 0 Å². The van der Waals surface area contributed by atoms with Crippen LogP contribution in [0, 0.1) is 0 Å². The van der Waals surface area contributed by atoms with Crippen LogP contribution in [-0.4, -0.2) is 43.6 Å². The molecule has 2 N–H and O–H groups in total. The molecule has 1 aliphatic heterocycles. The molecule has 2 rings (SSSR count). The van der Waals surface area contributed by atoms with E-state index in [2.05, 4.69) is 5.32 Å². The summed E-state index contributed by atoms with van der Waals surface area (Å²) >= 11 is 0. The maximum Gasteiger partial charge on any atom is 0.243 e. The zero-order valence-corrected chi connectivity index (χ0v) is 13.0. The summed E-state index contributed by atoms with van der Waals surface area (Å²) in [6, 6.07) is 5.31. The third-order valence-electron chi connectivity index (χ3n) is 3.93. The Balaban J connectivity index is 2.50. The van der Waals surface area contributed by atoms with Gasteiger partial charge in [-0.3, -0.25) is 0 Å². The van der Waals surface area contributed by atoms with E-state index in [1.807, 2.05) is 6.07 Å². The number of hydrogen-bond donors (Lipinski definition) is 2. The molecule has 0 unspecified atom stereocenters. The summed E-state index contributed by atoms with van der Waals surface area (Å²) in [6.45, 7) is 4.06. The van der Waals surface area contributed by atoms with Gasteiger partial charge in [0, 0.05) is 19.3 Å². The van der Waals surface area contributed by atoms with Gasteiger partial charge >= 0.3 is 0 Å². The molecule has 0 amide bonds. The Hall–Kier alpha value is -1.11. The van der Waals surface area contributed by atoms with Gasteiger partial charge in [0.2, 0.25) is 10.0 Å². The van der Waals surface area contributed by atoms with Crippen molar-refractivity contribution in [3.8, 4) is 0 Å². The largest absolute Gasteiger partial charge is 0.394 e. The average molecular weight is 298 g/mol. The average Bonchev–Trinajstić information content (AvgIpc) is 2.45. The van der Waals surface area contributed by atoms with Crippen LogP contribution in [0.2, 0.25) is 0 Å². The second kappa shape index (κ2) is 5.35. The van der Waals surface area contributed by atoms with Gasteiger partial charge in [-0.1, -0.05) is 6.07 Å². The van der Waals surface area contributed by atoms with E-state index in [1.54, 1.807) is 26.0 Å². The number of aliphatic hydroxyl groups excluding tert-OH is 1. The van der Waals surface area contributed by atoms with Gasteiger partial charge in [-0.2, -0.15) is 4.31 Å². The van der Waals surface area contributed by atoms with Crippen LogP contribution in [0.25, 0.3) is 0 Å². The Morgan fingerprint density at radius 1 is 1.40 bits per heavy atom. The topological polar surface area (TPSA) is 69.6 Å². The maximum absolute atomic E-state index is 12.8. The van der Waals surface area contributed by atoms with Crippen molar-refractivity contribution in [1.82, 2.24) is 4.31 Å². The van der Waals surface area contributed by atoms with Crippen LogP contribution < -0.4 is 5.32 Å². The van der Waals surface area contributed by atoms with E-state index in [0.717, 1.165) is 30.6 Å². The zero-order valence-electron chi connectivity index (χ0n) is 12.2. The van der Waals surface area contributed by atoms with Gasteiger partial charge in [0.1, 0.15) is 0 Å². The fourth-order valence-electron chi connectivity index (χ4n) is 2.29. The van der Waals surface area contributed by atoms with Gasteiger partial charge in [-0.05, 0) is 44.4 Å². The quantitative estimate of drug-likeness (QED) is 0.882. The first kappa shape index (κ1) is 15.3. The molecule has 0 fully saturated rings. The Morgan fingerprint density at radius 2 is 2.10 bits per heavy atom. The van der Waals surface area contributed by atoms with Crippen LogP contribution in [0.4, 0.5) is 5.69 Å². The van der Waals surface area contributed by atoms with Crippen molar-refractivity contribution in [3.05, 3.63) is 23.8 Å². The summed E-state index contributed by atoms with van der Waals surface area (Å²) in [7, 11) is -2.10. The number of anilines is 1. The molecule has 0 bridgehead atoms. The summed E-state index contributed by atoms with van der Waals surface area (Å²) in [5.74, 6) is 0. The Morgan fingerprint density at radius 3 is 2.75 bits per heavy atom. The van der Waals surface area contributed by atoms with E-state index in [4.69, 9.17) is 0 Å². The molecule has 0 aromatic heterocycles. The van der Waals surface area contributed by atoms with E-state index in [0.29, 0.717) is 4.90 Å². The van der Waals surface area contributed by atoms with Crippen molar-refractivity contribution in [2.24, 2.45) is 0 Å². The number of benzene rings is 1. The van der Waals surface area contributed by atoms with Crippen molar-refractivity contribution in [1.29, 1.82) is 0 Å². The number of aliphatic hydroxyl groups is 1. The fourth-order valence-corrected chi connectivity index (χ4v) is 4.07. The zero-order chi connectivity index (χ0) is 15.0. The van der Waals surface area contributed by atoms with E-state index < -0.39 is 15.6 Å². The highest BCUT2D eigenvalue weighted by Gasteiger charge is 2.35. The van der Waals surface area contributed by atoms with Gasteiger partial charge in [0.25, 0.3) is 0 Å². The molecule has 0 spiro atoms. The van der Waals surface area contributed by atoms with Crippen LogP contribution in [0.5, 0.6) is 0 Å². The first-order chi connectivity index (χ1) is 9.30. The predicted molar refractivity (Wildman–Crippen MR) is 79.4 cm³/mol. The smallest absolute Gasteiger partial charge is 0.243 e. The number of sulfonamides is 1. The molecule has 20 heavy (non-hydrogen) atoms. The minimum atomic E-state index is -3.62. The summed E-state index contributed by atoms with van der Waals surface area (Å²) in [4.78, 5) is 0.339. The third-order valence-corrected chi connectivity index (χ3v) is 6.08. The summed E-state index contributed by atoms with van der Waals surface area (Å²) < 4.78 is 26.8. The number of fused-ring (bicyclic) bond motifs is 1. The number of nitrogens with zero attached hydrogens (tertiary/aromatic N) is 1. The van der Waals surface area contributed by atoms with Gasteiger partial charge in [-0.15, -0.1) is 0 Å². The van der Waals surface area contributed by atoms with Crippen molar-refractivity contribution in [2.75, 3.05) is 25.5 Å². The Kier molecular flexibility index (Phi) is 4.09. The Bertz CT molecular complexity index is 596. The lowest BCUT2D eigenvalue weighted by Crippen LogP contribution is -2.47. The normalized spacial score (nSPS) is 15.8. The second-order valence-electron chi connectivity index (χ2n) is 5.76. The molecule has 112 valence electrons. The van der Waals surface area contributed by atoms with Crippen molar-refractivity contribution in [3.63, 3.8) is 0 Å². The first-order valence-electron chi connectivity index (χ1n) is 6.76. The van der Waals surface area contributed by atoms with Gasteiger partial charge < -0.3 is 10.4 Å². The van der Waals surface area contributed by atoms with Gasteiger partial charge in [0.05, 0.1) is 17.0 Å². The molecule has 0 aliphatic carbocycles.